The Kier molecular flexibility index (Phi) is 3.72. The summed E-state index contributed by atoms with van der Waals surface area (Å²) in [5, 5.41) is 18.6. The van der Waals surface area contributed by atoms with Gasteiger partial charge in [-0.1, -0.05) is 12.1 Å². The number of anilines is 1. The lowest BCUT2D eigenvalue weighted by Crippen LogP contribution is -2.26. The number of phenolic OH excluding ortho intramolecular Hbond substituents is 1. The molecule has 2 aromatic carbocycles. The molecule has 2 aromatic rings. The average molecular weight is 266 g/mol. The molecule has 0 unspecified atom stereocenters. The minimum Gasteiger partial charge on any atom is -0.508 e. The van der Waals surface area contributed by atoms with Crippen LogP contribution in [0.1, 0.15) is 21.5 Å². The van der Waals surface area contributed by atoms with E-state index >= 15 is 0 Å². The Morgan fingerprint density at radius 2 is 1.95 bits per heavy atom. The number of hydrogen-bond donors (Lipinski definition) is 1. The van der Waals surface area contributed by atoms with Crippen molar-refractivity contribution in [2.24, 2.45) is 0 Å². The van der Waals surface area contributed by atoms with Crippen molar-refractivity contribution in [2.75, 3.05) is 11.9 Å². The van der Waals surface area contributed by atoms with E-state index in [4.69, 9.17) is 5.26 Å². The molecule has 2 rings (SSSR count). The van der Waals surface area contributed by atoms with Gasteiger partial charge in [0.15, 0.2) is 0 Å². The van der Waals surface area contributed by atoms with E-state index in [0.29, 0.717) is 22.4 Å². The van der Waals surface area contributed by atoms with Crippen LogP contribution in [0.3, 0.4) is 0 Å². The molecule has 0 fully saturated rings. The lowest BCUT2D eigenvalue weighted by atomic mass is 10.1. The lowest BCUT2D eigenvalue weighted by molar-refractivity contribution is 0.0992. The van der Waals surface area contributed by atoms with Gasteiger partial charge in [0.2, 0.25) is 0 Å². The average Bonchev–Trinajstić information content (AvgIpc) is 2.48. The van der Waals surface area contributed by atoms with Crippen molar-refractivity contribution in [1.29, 1.82) is 5.26 Å². The molecule has 1 amide bonds. The van der Waals surface area contributed by atoms with Crippen LogP contribution in [0, 0.1) is 18.3 Å². The first-order valence-corrected chi connectivity index (χ1v) is 6.11. The maximum Gasteiger partial charge on any atom is 0.258 e. The highest BCUT2D eigenvalue weighted by molar-refractivity contribution is 6.07. The zero-order valence-electron chi connectivity index (χ0n) is 11.3. The standard InChI is InChI=1S/C16H14N2O2/c1-11-14(7-4-8-15(11)19)16(20)18(2)13-6-3-5-12(9-13)10-17/h3-9,19H,1-2H3. The Morgan fingerprint density at radius 1 is 1.25 bits per heavy atom. The zero-order valence-corrected chi connectivity index (χ0v) is 11.3. The smallest absolute Gasteiger partial charge is 0.258 e. The van der Waals surface area contributed by atoms with Crippen LogP contribution in [0.5, 0.6) is 5.75 Å². The second-order valence-electron chi connectivity index (χ2n) is 4.48. The molecule has 100 valence electrons. The van der Waals surface area contributed by atoms with E-state index in [2.05, 4.69) is 0 Å². The first-order valence-electron chi connectivity index (χ1n) is 6.11. The Morgan fingerprint density at radius 3 is 2.65 bits per heavy atom. The van der Waals surface area contributed by atoms with Gasteiger partial charge in [-0.3, -0.25) is 4.79 Å². The predicted octanol–water partition coefficient (Wildman–Crippen LogP) is 2.85. The van der Waals surface area contributed by atoms with E-state index in [1.165, 1.54) is 4.90 Å². The number of rotatable bonds is 2. The summed E-state index contributed by atoms with van der Waals surface area (Å²) in [5.41, 5.74) is 2.11. The van der Waals surface area contributed by atoms with Crippen molar-refractivity contribution in [1.82, 2.24) is 0 Å². The van der Waals surface area contributed by atoms with E-state index in [1.807, 2.05) is 6.07 Å². The fourth-order valence-electron chi connectivity index (χ4n) is 1.94. The molecule has 0 aliphatic heterocycles. The van der Waals surface area contributed by atoms with E-state index < -0.39 is 0 Å². The van der Waals surface area contributed by atoms with Crippen LogP contribution in [-0.4, -0.2) is 18.1 Å². The number of carbonyl (C=O) groups is 1. The third-order valence-electron chi connectivity index (χ3n) is 3.20. The van der Waals surface area contributed by atoms with Crippen molar-refractivity contribution < 1.29 is 9.90 Å². The molecule has 20 heavy (non-hydrogen) atoms. The molecule has 0 atom stereocenters. The predicted molar refractivity (Wildman–Crippen MR) is 76.7 cm³/mol. The summed E-state index contributed by atoms with van der Waals surface area (Å²) in [7, 11) is 1.64. The fraction of sp³-hybridized carbons (Fsp3) is 0.125. The van der Waals surface area contributed by atoms with E-state index in [0.717, 1.165) is 0 Å². The van der Waals surface area contributed by atoms with Crippen molar-refractivity contribution in [3.05, 3.63) is 59.2 Å². The van der Waals surface area contributed by atoms with Gasteiger partial charge < -0.3 is 10.0 Å². The normalized spacial score (nSPS) is 9.85. The van der Waals surface area contributed by atoms with Crippen molar-refractivity contribution in [3.8, 4) is 11.8 Å². The number of hydrogen-bond acceptors (Lipinski definition) is 3. The second kappa shape index (κ2) is 5.45. The Labute approximate surface area is 117 Å². The summed E-state index contributed by atoms with van der Waals surface area (Å²) in [6.07, 6.45) is 0. The van der Waals surface area contributed by atoms with Gasteiger partial charge >= 0.3 is 0 Å². The van der Waals surface area contributed by atoms with Crippen LogP contribution in [0.4, 0.5) is 5.69 Å². The van der Waals surface area contributed by atoms with Crippen LogP contribution in [0.15, 0.2) is 42.5 Å². The van der Waals surface area contributed by atoms with E-state index in [9.17, 15) is 9.90 Å². The van der Waals surface area contributed by atoms with Crippen LogP contribution in [0.2, 0.25) is 0 Å². The summed E-state index contributed by atoms with van der Waals surface area (Å²) in [6.45, 7) is 1.70. The zero-order chi connectivity index (χ0) is 14.7. The Bertz CT molecular complexity index is 702. The molecule has 0 bridgehead atoms. The van der Waals surface area contributed by atoms with Gasteiger partial charge in [-0.2, -0.15) is 5.26 Å². The minimum atomic E-state index is -0.228. The van der Waals surface area contributed by atoms with Crippen LogP contribution in [-0.2, 0) is 0 Å². The third kappa shape index (κ3) is 2.47. The quantitative estimate of drug-likeness (QED) is 0.909. The molecule has 4 nitrogen and oxygen atoms in total. The van der Waals surface area contributed by atoms with Crippen molar-refractivity contribution in [3.63, 3.8) is 0 Å². The second-order valence-corrected chi connectivity index (χ2v) is 4.48. The molecule has 4 heteroatoms. The minimum absolute atomic E-state index is 0.0926. The summed E-state index contributed by atoms with van der Waals surface area (Å²) in [5.74, 6) is -0.136. The number of amides is 1. The number of nitriles is 1. The largest absolute Gasteiger partial charge is 0.508 e. The Hall–Kier alpha value is -2.80. The van der Waals surface area contributed by atoms with Gasteiger partial charge in [0.05, 0.1) is 11.6 Å². The van der Waals surface area contributed by atoms with Crippen molar-refractivity contribution >= 4 is 11.6 Å². The van der Waals surface area contributed by atoms with Crippen LogP contribution >= 0.6 is 0 Å². The maximum absolute atomic E-state index is 12.4. The number of phenols is 1. The molecule has 0 aliphatic carbocycles. The third-order valence-corrected chi connectivity index (χ3v) is 3.20. The molecule has 0 saturated carbocycles. The molecule has 0 aliphatic rings. The molecule has 0 aromatic heterocycles. The molecule has 1 N–H and O–H groups in total. The molecule has 0 radical (unpaired) electrons. The number of nitrogens with zero attached hydrogens (tertiary/aromatic N) is 2. The van der Waals surface area contributed by atoms with Crippen LogP contribution in [0.25, 0.3) is 0 Å². The maximum atomic E-state index is 12.4. The summed E-state index contributed by atoms with van der Waals surface area (Å²) < 4.78 is 0. The highest BCUT2D eigenvalue weighted by atomic mass is 16.3. The van der Waals surface area contributed by atoms with Crippen molar-refractivity contribution in [2.45, 2.75) is 6.92 Å². The van der Waals surface area contributed by atoms with E-state index in [1.54, 1.807) is 56.4 Å². The topological polar surface area (TPSA) is 64.3 Å². The molecular weight excluding hydrogens is 252 g/mol. The molecular formula is C16H14N2O2. The number of benzene rings is 2. The lowest BCUT2D eigenvalue weighted by Gasteiger charge is -2.19. The number of aromatic hydroxyl groups is 1. The van der Waals surface area contributed by atoms with Gasteiger partial charge in [0, 0.05) is 23.9 Å². The highest BCUT2D eigenvalue weighted by Gasteiger charge is 2.17. The monoisotopic (exact) mass is 266 g/mol. The molecule has 0 heterocycles. The van der Waals surface area contributed by atoms with Crippen LogP contribution < -0.4 is 4.90 Å². The van der Waals surface area contributed by atoms with E-state index in [-0.39, 0.29) is 11.7 Å². The van der Waals surface area contributed by atoms with Gasteiger partial charge in [-0.15, -0.1) is 0 Å². The van der Waals surface area contributed by atoms with Gasteiger partial charge in [0.25, 0.3) is 5.91 Å². The fourth-order valence-corrected chi connectivity index (χ4v) is 1.94. The highest BCUT2D eigenvalue weighted by Crippen LogP contribution is 2.23. The number of carbonyl (C=O) groups excluding carboxylic acids is 1. The SMILES string of the molecule is Cc1c(O)cccc1C(=O)N(C)c1cccc(C#N)c1. The summed E-state index contributed by atoms with van der Waals surface area (Å²) in [6, 6.07) is 13.7. The van der Waals surface area contributed by atoms with Gasteiger partial charge in [0.1, 0.15) is 5.75 Å². The summed E-state index contributed by atoms with van der Waals surface area (Å²) in [4.78, 5) is 13.9. The van der Waals surface area contributed by atoms with Gasteiger partial charge in [-0.05, 0) is 37.3 Å². The summed E-state index contributed by atoms with van der Waals surface area (Å²) >= 11 is 0. The Balaban J connectivity index is 2.38. The first kappa shape index (κ1) is 13.6. The molecule has 0 spiro atoms. The van der Waals surface area contributed by atoms with Gasteiger partial charge in [-0.25, -0.2) is 0 Å². The molecule has 0 saturated heterocycles. The first-order chi connectivity index (χ1) is 9.54.